The maximum absolute atomic E-state index is 13.2. The van der Waals surface area contributed by atoms with Gasteiger partial charge in [-0.3, -0.25) is 4.79 Å². The van der Waals surface area contributed by atoms with Crippen molar-refractivity contribution < 1.29 is 28.1 Å². The molecule has 7 nitrogen and oxygen atoms in total. The highest BCUT2D eigenvalue weighted by Gasteiger charge is 2.43. The van der Waals surface area contributed by atoms with Crippen LogP contribution in [-0.4, -0.2) is 20.0 Å². The van der Waals surface area contributed by atoms with Crippen LogP contribution in [0.25, 0.3) is 0 Å². The minimum atomic E-state index is -0.721. The number of rotatable bonds is 6. The molecule has 1 heterocycles. The van der Waals surface area contributed by atoms with Crippen LogP contribution in [0, 0.1) is 22.6 Å². The third kappa shape index (κ3) is 4.67. The molecule has 0 saturated heterocycles. The molecule has 0 saturated carbocycles. The van der Waals surface area contributed by atoms with E-state index in [1.165, 1.54) is 26.4 Å². The van der Waals surface area contributed by atoms with Gasteiger partial charge in [-0.15, -0.1) is 0 Å². The van der Waals surface area contributed by atoms with Gasteiger partial charge in [0, 0.05) is 18.4 Å². The van der Waals surface area contributed by atoms with E-state index in [1.54, 1.807) is 24.3 Å². The van der Waals surface area contributed by atoms with Crippen molar-refractivity contribution in [2.75, 3.05) is 14.2 Å². The Morgan fingerprint density at radius 3 is 2.34 bits per heavy atom. The third-order valence-corrected chi connectivity index (χ3v) is 6.19. The van der Waals surface area contributed by atoms with Crippen LogP contribution < -0.4 is 19.9 Å². The van der Waals surface area contributed by atoms with E-state index in [9.17, 15) is 14.4 Å². The van der Waals surface area contributed by atoms with Crippen LogP contribution >= 0.6 is 0 Å². The Morgan fingerprint density at radius 2 is 1.77 bits per heavy atom. The molecule has 2 aliphatic rings. The van der Waals surface area contributed by atoms with Gasteiger partial charge >= 0.3 is 0 Å². The maximum atomic E-state index is 13.2. The molecule has 0 spiro atoms. The van der Waals surface area contributed by atoms with E-state index in [4.69, 9.17) is 24.7 Å². The van der Waals surface area contributed by atoms with Gasteiger partial charge in [-0.25, -0.2) is 4.39 Å². The lowest BCUT2D eigenvalue weighted by Crippen LogP contribution is -2.33. The number of allylic oxidation sites excluding steroid dienone is 3. The van der Waals surface area contributed by atoms with Crippen molar-refractivity contribution in [2.45, 2.75) is 39.2 Å². The van der Waals surface area contributed by atoms with Crippen molar-refractivity contribution >= 4 is 5.78 Å². The first kappa shape index (κ1) is 24.1. The zero-order chi connectivity index (χ0) is 25.3. The molecule has 2 aromatic carbocycles. The van der Waals surface area contributed by atoms with Gasteiger partial charge in [-0.2, -0.15) is 5.26 Å². The summed E-state index contributed by atoms with van der Waals surface area (Å²) < 4.78 is 36.1. The molecule has 4 rings (SSSR count). The summed E-state index contributed by atoms with van der Waals surface area (Å²) >= 11 is 0. The second-order valence-corrected chi connectivity index (χ2v) is 9.37. The number of hydrogen-bond acceptors (Lipinski definition) is 7. The second kappa shape index (κ2) is 9.34. The molecule has 35 heavy (non-hydrogen) atoms. The number of benzene rings is 2. The molecular weight excluding hydrogens is 451 g/mol. The van der Waals surface area contributed by atoms with Crippen molar-refractivity contribution in [1.29, 1.82) is 5.26 Å². The van der Waals surface area contributed by atoms with Crippen molar-refractivity contribution in [3.05, 3.63) is 76.1 Å². The van der Waals surface area contributed by atoms with E-state index >= 15 is 0 Å². The molecular formula is C27H27FN2O5. The Bertz CT molecular complexity index is 1250. The molecule has 2 aromatic rings. The SMILES string of the molecule is COc1cc(C2C(C#N)=C(N)OC3=C2C(=O)CC(C)(C)C3)cc(OC)c1OCc1ccc(F)cc1. The number of ether oxygens (including phenoxy) is 4. The highest BCUT2D eigenvalue weighted by Crippen LogP contribution is 2.50. The molecule has 0 radical (unpaired) electrons. The highest BCUT2D eigenvalue weighted by molar-refractivity contribution is 6.00. The van der Waals surface area contributed by atoms with Crippen LogP contribution in [0.3, 0.4) is 0 Å². The first-order valence-corrected chi connectivity index (χ1v) is 11.1. The topological polar surface area (TPSA) is 104 Å². The number of Topliss-reactive ketones (excluding diaryl/α,β-unsaturated/α-hetero) is 1. The van der Waals surface area contributed by atoms with Gasteiger partial charge in [0.25, 0.3) is 0 Å². The van der Waals surface area contributed by atoms with Crippen LogP contribution in [0.2, 0.25) is 0 Å². The Kier molecular flexibility index (Phi) is 6.44. The number of halogens is 1. The minimum absolute atomic E-state index is 0.0173. The van der Waals surface area contributed by atoms with E-state index in [0.717, 1.165) is 5.56 Å². The predicted octanol–water partition coefficient (Wildman–Crippen LogP) is 4.87. The summed E-state index contributed by atoms with van der Waals surface area (Å²) in [5.74, 6) is 0.385. The largest absolute Gasteiger partial charge is 0.493 e. The lowest BCUT2D eigenvalue weighted by atomic mass is 9.70. The van der Waals surface area contributed by atoms with Gasteiger partial charge in [-0.05, 0) is 40.8 Å². The summed E-state index contributed by atoms with van der Waals surface area (Å²) in [5, 5.41) is 9.89. The van der Waals surface area contributed by atoms with E-state index in [0.29, 0.717) is 47.0 Å². The molecule has 0 aromatic heterocycles. The summed E-state index contributed by atoms with van der Waals surface area (Å²) in [6.07, 6.45) is 0.856. The van der Waals surface area contributed by atoms with Crippen LogP contribution in [0.15, 0.2) is 59.2 Å². The molecule has 1 aliphatic heterocycles. The number of nitrogens with zero attached hydrogens (tertiary/aromatic N) is 1. The molecule has 0 fully saturated rings. The van der Waals surface area contributed by atoms with Gasteiger partial charge in [0.15, 0.2) is 17.3 Å². The maximum Gasteiger partial charge on any atom is 0.205 e. The van der Waals surface area contributed by atoms with E-state index in [2.05, 4.69) is 6.07 Å². The highest BCUT2D eigenvalue weighted by atomic mass is 19.1. The third-order valence-electron chi connectivity index (χ3n) is 6.19. The Balaban J connectivity index is 1.78. The monoisotopic (exact) mass is 478 g/mol. The Morgan fingerprint density at radius 1 is 1.14 bits per heavy atom. The lowest BCUT2D eigenvalue weighted by Gasteiger charge is -2.37. The van der Waals surface area contributed by atoms with Crippen molar-refractivity contribution in [3.63, 3.8) is 0 Å². The van der Waals surface area contributed by atoms with Crippen molar-refractivity contribution in [1.82, 2.24) is 0 Å². The number of nitriles is 1. The predicted molar refractivity (Wildman–Crippen MR) is 126 cm³/mol. The summed E-state index contributed by atoms with van der Waals surface area (Å²) in [6, 6.07) is 11.5. The number of hydrogen-bond donors (Lipinski definition) is 1. The number of ketones is 1. The summed E-state index contributed by atoms with van der Waals surface area (Å²) in [6.45, 7) is 4.14. The second-order valence-electron chi connectivity index (χ2n) is 9.37. The Labute approximate surface area is 203 Å². The molecule has 1 aliphatic carbocycles. The molecule has 8 heteroatoms. The van der Waals surface area contributed by atoms with E-state index in [1.807, 2.05) is 13.8 Å². The van der Waals surface area contributed by atoms with Gasteiger partial charge in [0.2, 0.25) is 11.6 Å². The van der Waals surface area contributed by atoms with E-state index in [-0.39, 0.29) is 35.1 Å². The average molecular weight is 479 g/mol. The smallest absolute Gasteiger partial charge is 0.205 e. The van der Waals surface area contributed by atoms with Crippen LogP contribution in [0.5, 0.6) is 17.2 Å². The quantitative estimate of drug-likeness (QED) is 0.631. The first-order valence-electron chi connectivity index (χ1n) is 11.1. The number of methoxy groups -OCH3 is 2. The molecule has 182 valence electrons. The fraction of sp³-hybridized carbons (Fsp3) is 0.333. The number of nitrogens with two attached hydrogens (primary N) is 1. The molecule has 0 bridgehead atoms. The zero-order valence-corrected chi connectivity index (χ0v) is 20.1. The zero-order valence-electron chi connectivity index (χ0n) is 20.1. The van der Waals surface area contributed by atoms with E-state index < -0.39 is 5.92 Å². The summed E-state index contributed by atoms with van der Waals surface area (Å²) in [7, 11) is 2.98. The normalized spacial score (nSPS) is 19.0. The average Bonchev–Trinajstić information content (AvgIpc) is 2.81. The van der Waals surface area contributed by atoms with Gasteiger partial charge in [-0.1, -0.05) is 26.0 Å². The van der Waals surface area contributed by atoms with Crippen molar-refractivity contribution in [2.24, 2.45) is 11.1 Å². The Hall–Kier alpha value is -3.99. The van der Waals surface area contributed by atoms with Gasteiger partial charge in [0.1, 0.15) is 29.8 Å². The minimum Gasteiger partial charge on any atom is -0.493 e. The molecule has 0 amide bonds. The van der Waals surface area contributed by atoms with Crippen LogP contribution in [-0.2, 0) is 16.1 Å². The molecule has 1 unspecified atom stereocenters. The summed E-state index contributed by atoms with van der Waals surface area (Å²) in [4.78, 5) is 13.2. The standard InChI is InChI=1S/C27H27FN2O5/c1-27(2)11-19(31)24-22(12-27)35-26(30)18(13-29)23(24)16-9-20(32-3)25(21(10-16)33-4)34-14-15-5-7-17(28)8-6-15/h5-10,23H,11-12,14,30H2,1-4H3. The van der Waals surface area contributed by atoms with Crippen LogP contribution in [0.4, 0.5) is 4.39 Å². The number of carbonyl (C=O) groups is 1. The molecule has 2 N–H and O–H groups in total. The molecule has 1 atom stereocenters. The van der Waals surface area contributed by atoms with Gasteiger partial charge < -0.3 is 24.7 Å². The fourth-order valence-corrected chi connectivity index (χ4v) is 4.56. The number of carbonyl (C=O) groups excluding carboxylic acids is 1. The van der Waals surface area contributed by atoms with Crippen LogP contribution in [0.1, 0.15) is 43.7 Å². The summed E-state index contributed by atoms with van der Waals surface area (Å²) in [5.41, 5.74) is 7.79. The first-order chi connectivity index (χ1) is 16.7. The van der Waals surface area contributed by atoms with Crippen molar-refractivity contribution in [3.8, 4) is 23.3 Å². The lowest BCUT2D eigenvalue weighted by molar-refractivity contribution is -0.119. The van der Waals surface area contributed by atoms with Gasteiger partial charge in [0.05, 0.1) is 20.1 Å². The fourth-order valence-electron chi connectivity index (χ4n) is 4.56.